The van der Waals surface area contributed by atoms with Gasteiger partial charge in [0.05, 0.1) is 23.5 Å². The number of aryl methyl sites for hydroxylation is 1. The maximum absolute atomic E-state index is 12.2. The molecule has 2 aromatic rings. The van der Waals surface area contributed by atoms with E-state index in [-0.39, 0.29) is 17.9 Å². The fraction of sp³-hybridized carbons (Fsp3) is 0.286. The normalized spacial score (nSPS) is 13.3. The molecule has 0 aliphatic carbocycles. The highest BCUT2D eigenvalue weighted by atomic mass is 35.5. The number of aliphatic hydroxyl groups excluding tert-OH is 1. The average molecular weight is 330 g/mol. The van der Waals surface area contributed by atoms with Crippen molar-refractivity contribution >= 4 is 21.6 Å². The summed E-state index contributed by atoms with van der Waals surface area (Å²) in [6, 6.07) is 6.34. The van der Waals surface area contributed by atoms with Crippen LogP contribution in [0.2, 0.25) is 5.02 Å². The third-order valence-electron chi connectivity index (χ3n) is 3.08. The molecule has 1 aromatic carbocycles. The van der Waals surface area contributed by atoms with Gasteiger partial charge in [0.2, 0.25) is 10.0 Å². The van der Waals surface area contributed by atoms with Crippen LogP contribution in [0.15, 0.2) is 46.1 Å². The van der Waals surface area contributed by atoms with Gasteiger partial charge in [-0.3, -0.25) is 0 Å². The molecule has 1 heterocycles. The molecule has 0 amide bonds. The SMILES string of the molecule is Cc1ccc(Cl)cc1S(=O)(=O)NCCC(O)c1ccoc1. The Labute approximate surface area is 128 Å². The largest absolute Gasteiger partial charge is 0.472 e. The minimum Gasteiger partial charge on any atom is -0.472 e. The Balaban J connectivity index is 2.00. The van der Waals surface area contributed by atoms with Gasteiger partial charge in [-0.25, -0.2) is 13.1 Å². The molecule has 1 atom stereocenters. The summed E-state index contributed by atoms with van der Waals surface area (Å²) in [6.07, 6.45) is 2.36. The zero-order valence-corrected chi connectivity index (χ0v) is 13.0. The van der Waals surface area contributed by atoms with Crippen LogP contribution in [0.4, 0.5) is 0 Å². The van der Waals surface area contributed by atoms with Crippen LogP contribution in [0, 0.1) is 6.92 Å². The lowest BCUT2D eigenvalue weighted by molar-refractivity contribution is 0.168. The molecule has 21 heavy (non-hydrogen) atoms. The molecule has 0 fully saturated rings. The fourth-order valence-electron chi connectivity index (χ4n) is 1.90. The van der Waals surface area contributed by atoms with Gasteiger partial charge in [-0.05, 0) is 37.1 Å². The van der Waals surface area contributed by atoms with Crippen LogP contribution in [0.1, 0.15) is 23.7 Å². The quantitative estimate of drug-likeness (QED) is 0.853. The lowest BCUT2D eigenvalue weighted by Gasteiger charge is -2.11. The van der Waals surface area contributed by atoms with Crippen LogP contribution >= 0.6 is 11.6 Å². The van der Waals surface area contributed by atoms with E-state index in [1.54, 1.807) is 25.1 Å². The van der Waals surface area contributed by atoms with Gasteiger partial charge >= 0.3 is 0 Å². The molecule has 0 saturated carbocycles. The molecular weight excluding hydrogens is 314 g/mol. The highest BCUT2D eigenvalue weighted by Crippen LogP contribution is 2.21. The van der Waals surface area contributed by atoms with E-state index in [9.17, 15) is 13.5 Å². The van der Waals surface area contributed by atoms with Gasteiger partial charge in [0.25, 0.3) is 0 Å². The lowest BCUT2D eigenvalue weighted by Crippen LogP contribution is -2.26. The Morgan fingerprint density at radius 1 is 1.38 bits per heavy atom. The van der Waals surface area contributed by atoms with Crippen molar-refractivity contribution in [2.75, 3.05) is 6.54 Å². The first kappa shape index (κ1) is 16.0. The molecule has 1 unspecified atom stereocenters. The van der Waals surface area contributed by atoms with E-state index in [0.29, 0.717) is 16.1 Å². The molecule has 0 aliphatic heterocycles. The first-order valence-electron chi connectivity index (χ1n) is 6.36. The van der Waals surface area contributed by atoms with Crippen LogP contribution in [-0.4, -0.2) is 20.1 Å². The van der Waals surface area contributed by atoms with Crippen LogP contribution in [0.5, 0.6) is 0 Å². The minimum absolute atomic E-state index is 0.112. The molecule has 7 heteroatoms. The molecule has 5 nitrogen and oxygen atoms in total. The summed E-state index contributed by atoms with van der Waals surface area (Å²) in [5.74, 6) is 0. The van der Waals surface area contributed by atoms with Gasteiger partial charge in [0.15, 0.2) is 0 Å². The molecular formula is C14H16ClNO4S. The third kappa shape index (κ3) is 4.07. The second-order valence-electron chi connectivity index (χ2n) is 4.67. The highest BCUT2D eigenvalue weighted by Gasteiger charge is 2.18. The monoisotopic (exact) mass is 329 g/mol. The number of aliphatic hydroxyl groups is 1. The van der Waals surface area contributed by atoms with E-state index in [1.165, 1.54) is 18.6 Å². The fourth-order valence-corrected chi connectivity index (χ4v) is 3.46. The zero-order valence-electron chi connectivity index (χ0n) is 11.4. The lowest BCUT2D eigenvalue weighted by atomic mass is 10.1. The van der Waals surface area contributed by atoms with Crippen molar-refractivity contribution < 1.29 is 17.9 Å². The van der Waals surface area contributed by atoms with Gasteiger partial charge in [0.1, 0.15) is 0 Å². The standard InChI is InChI=1S/C14H16ClNO4S/c1-10-2-3-12(15)8-14(10)21(18,19)16-6-4-13(17)11-5-7-20-9-11/h2-3,5,7-9,13,16-17H,4,6H2,1H3. The average Bonchev–Trinajstić information content (AvgIpc) is 2.95. The third-order valence-corrected chi connectivity index (χ3v) is 4.92. The number of hydrogen-bond acceptors (Lipinski definition) is 4. The molecule has 114 valence electrons. The maximum Gasteiger partial charge on any atom is 0.240 e. The predicted molar refractivity (Wildman–Crippen MR) is 79.7 cm³/mol. The summed E-state index contributed by atoms with van der Waals surface area (Å²) in [4.78, 5) is 0.146. The summed E-state index contributed by atoms with van der Waals surface area (Å²) in [6.45, 7) is 1.81. The van der Waals surface area contributed by atoms with Crippen molar-refractivity contribution in [1.82, 2.24) is 4.72 Å². The summed E-state index contributed by atoms with van der Waals surface area (Å²) in [5, 5.41) is 10.2. The molecule has 0 aliphatic rings. The van der Waals surface area contributed by atoms with E-state index in [1.807, 2.05) is 0 Å². The molecule has 1 aromatic heterocycles. The van der Waals surface area contributed by atoms with Crippen LogP contribution in [-0.2, 0) is 10.0 Å². The zero-order chi connectivity index (χ0) is 15.5. The summed E-state index contributed by atoms with van der Waals surface area (Å²) >= 11 is 5.83. The number of rotatable bonds is 6. The van der Waals surface area contributed by atoms with E-state index in [0.717, 1.165) is 0 Å². The summed E-state index contributed by atoms with van der Waals surface area (Å²) in [5.41, 5.74) is 1.23. The Morgan fingerprint density at radius 2 is 2.14 bits per heavy atom. The smallest absolute Gasteiger partial charge is 0.240 e. The van der Waals surface area contributed by atoms with Crippen molar-refractivity contribution in [1.29, 1.82) is 0 Å². The molecule has 0 saturated heterocycles. The maximum atomic E-state index is 12.2. The predicted octanol–water partition coefficient (Wildman–Crippen LogP) is 2.64. The Hall–Kier alpha value is -1.34. The van der Waals surface area contributed by atoms with Gasteiger partial charge in [-0.15, -0.1) is 0 Å². The first-order chi connectivity index (χ1) is 9.90. The number of halogens is 1. The van der Waals surface area contributed by atoms with E-state index in [4.69, 9.17) is 16.0 Å². The molecule has 0 spiro atoms. The van der Waals surface area contributed by atoms with Crippen LogP contribution < -0.4 is 4.72 Å². The number of benzene rings is 1. The van der Waals surface area contributed by atoms with Crippen LogP contribution in [0.25, 0.3) is 0 Å². The number of hydrogen-bond donors (Lipinski definition) is 2. The first-order valence-corrected chi connectivity index (χ1v) is 8.22. The Kier molecular flexibility index (Phi) is 5.05. The highest BCUT2D eigenvalue weighted by molar-refractivity contribution is 7.89. The molecule has 0 radical (unpaired) electrons. The number of nitrogens with one attached hydrogen (secondary N) is 1. The van der Waals surface area contributed by atoms with Crippen molar-refractivity contribution in [2.24, 2.45) is 0 Å². The van der Waals surface area contributed by atoms with E-state index >= 15 is 0 Å². The van der Waals surface area contributed by atoms with Crippen LogP contribution in [0.3, 0.4) is 0 Å². The van der Waals surface area contributed by atoms with Crippen molar-refractivity contribution in [2.45, 2.75) is 24.3 Å². The second-order valence-corrected chi connectivity index (χ2v) is 6.84. The molecule has 2 rings (SSSR count). The molecule has 2 N–H and O–H groups in total. The van der Waals surface area contributed by atoms with Crippen molar-refractivity contribution in [3.8, 4) is 0 Å². The summed E-state index contributed by atoms with van der Waals surface area (Å²) in [7, 11) is -3.65. The number of sulfonamides is 1. The van der Waals surface area contributed by atoms with Gasteiger partial charge in [0, 0.05) is 17.1 Å². The van der Waals surface area contributed by atoms with E-state index in [2.05, 4.69) is 4.72 Å². The number of furan rings is 1. The van der Waals surface area contributed by atoms with Gasteiger partial charge < -0.3 is 9.52 Å². The minimum atomic E-state index is -3.65. The molecule has 0 bridgehead atoms. The Bertz CT molecular complexity index is 698. The van der Waals surface area contributed by atoms with E-state index < -0.39 is 16.1 Å². The van der Waals surface area contributed by atoms with Gasteiger partial charge in [-0.2, -0.15) is 0 Å². The van der Waals surface area contributed by atoms with Gasteiger partial charge in [-0.1, -0.05) is 17.7 Å². The van der Waals surface area contributed by atoms with Crippen molar-refractivity contribution in [3.63, 3.8) is 0 Å². The topological polar surface area (TPSA) is 79.5 Å². The Morgan fingerprint density at radius 3 is 2.81 bits per heavy atom. The second kappa shape index (κ2) is 6.62. The van der Waals surface area contributed by atoms with Crippen molar-refractivity contribution in [3.05, 3.63) is 52.9 Å². The summed E-state index contributed by atoms with van der Waals surface area (Å²) < 4.78 is 31.7.